The largest absolute Gasteiger partial charge is 0.448 e. The van der Waals surface area contributed by atoms with Crippen molar-refractivity contribution in [3.8, 4) is 6.07 Å². The van der Waals surface area contributed by atoms with E-state index in [9.17, 15) is 4.79 Å². The molecule has 1 aliphatic heterocycles. The average Bonchev–Trinajstić information content (AvgIpc) is 2.33. The minimum atomic E-state index is -0.358. The van der Waals surface area contributed by atoms with Crippen LogP contribution in [0.4, 0.5) is 4.79 Å². The van der Waals surface area contributed by atoms with E-state index >= 15 is 0 Å². The molecular formula is C11H11N3O2. The summed E-state index contributed by atoms with van der Waals surface area (Å²) in [5, 5.41) is 8.78. The van der Waals surface area contributed by atoms with Crippen LogP contribution in [-0.4, -0.2) is 29.1 Å². The van der Waals surface area contributed by atoms with Gasteiger partial charge in [-0.25, -0.2) is 4.79 Å². The van der Waals surface area contributed by atoms with Gasteiger partial charge < -0.3 is 9.64 Å². The number of ether oxygens (including phenoxy) is 1. The Labute approximate surface area is 93.3 Å². The van der Waals surface area contributed by atoms with E-state index in [1.807, 2.05) is 12.1 Å². The van der Waals surface area contributed by atoms with Gasteiger partial charge in [-0.1, -0.05) is 0 Å². The Morgan fingerprint density at radius 2 is 2.31 bits per heavy atom. The molecule has 1 amide bonds. The van der Waals surface area contributed by atoms with Crippen LogP contribution in [-0.2, 0) is 11.3 Å². The van der Waals surface area contributed by atoms with Crippen LogP contribution in [0.1, 0.15) is 5.56 Å². The number of cyclic esters (lactones) is 1. The number of hydrogen-bond donors (Lipinski definition) is 0. The smallest absolute Gasteiger partial charge is 0.410 e. The second-order valence-corrected chi connectivity index (χ2v) is 3.64. The second kappa shape index (κ2) is 4.62. The molecule has 1 saturated heterocycles. The van der Waals surface area contributed by atoms with Gasteiger partial charge in [-0.15, -0.1) is 0 Å². The van der Waals surface area contributed by atoms with Crippen LogP contribution in [0.25, 0.3) is 0 Å². The third kappa shape index (κ3) is 2.28. The molecule has 0 aliphatic carbocycles. The van der Waals surface area contributed by atoms with Gasteiger partial charge in [0.05, 0.1) is 12.0 Å². The number of nitrogens with zero attached hydrogens (tertiary/aromatic N) is 3. The number of hydrogen-bond acceptors (Lipinski definition) is 4. The third-order valence-corrected chi connectivity index (χ3v) is 2.41. The molecule has 1 fully saturated rings. The lowest BCUT2D eigenvalue weighted by molar-refractivity contribution is 0.0536. The van der Waals surface area contributed by atoms with Crippen molar-refractivity contribution in [2.75, 3.05) is 13.2 Å². The predicted octanol–water partition coefficient (Wildman–Crippen LogP) is 1.17. The molecule has 16 heavy (non-hydrogen) atoms. The zero-order valence-electron chi connectivity index (χ0n) is 8.67. The number of carbonyl (C=O) groups excluding carboxylic acids is 1. The second-order valence-electron chi connectivity index (χ2n) is 3.64. The first-order chi connectivity index (χ1) is 7.79. The molecule has 0 N–H and O–H groups in total. The van der Waals surface area contributed by atoms with Crippen molar-refractivity contribution in [2.24, 2.45) is 5.92 Å². The van der Waals surface area contributed by atoms with Gasteiger partial charge >= 0.3 is 6.09 Å². The summed E-state index contributed by atoms with van der Waals surface area (Å²) < 4.78 is 4.92. The molecule has 5 nitrogen and oxygen atoms in total. The lowest BCUT2D eigenvalue weighted by atomic mass is 10.1. The molecule has 82 valence electrons. The predicted molar refractivity (Wildman–Crippen MR) is 55.1 cm³/mol. The van der Waals surface area contributed by atoms with Gasteiger partial charge in [0.2, 0.25) is 0 Å². The van der Waals surface area contributed by atoms with Crippen molar-refractivity contribution in [1.29, 1.82) is 5.26 Å². The Morgan fingerprint density at radius 3 is 3.00 bits per heavy atom. The highest BCUT2D eigenvalue weighted by Crippen LogP contribution is 2.13. The molecule has 0 radical (unpaired) electrons. The van der Waals surface area contributed by atoms with Crippen molar-refractivity contribution >= 4 is 6.09 Å². The molecule has 1 aliphatic rings. The fraction of sp³-hybridized carbons (Fsp3) is 0.364. The highest BCUT2D eigenvalue weighted by atomic mass is 16.6. The molecule has 0 saturated carbocycles. The van der Waals surface area contributed by atoms with E-state index in [2.05, 4.69) is 11.1 Å². The van der Waals surface area contributed by atoms with Crippen molar-refractivity contribution < 1.29 is 9.53 Å². The SMILES string of the molecule is N#CC1COC(=O)N(Cc2ccncc2)C1. The van der Waals surface area contributed by atoms with E-state index in [0.717, 1.165) is 5.56 Å². The van der Waals surface area contributed by atoms with Gasteiger partial charge in [-0.05, 0) is 17.7 Å². The Bertz CT molecular complexity index is 413. The maximum Gasteiger partial charge on any atom is 0.410 e. The Balaban J connectivity index is 2.03. The van der Waals surface area contributed by atoms with Crippen LogP contribution >= 0.6 is 0 Å². The van der Waals surface area contributed by atoms with Crippen LogP contribution < -0.4 is 0 Å². The summed E-state index contributed by atoms with van der Waals surface area (Å²) >= 11 is 0. The minimum Gasteiger partial charge on any atom is -0.448 e. The Kier molecular flexibility index (Phi) is 3.01. The van der Waals surface area contributed by atoms with Crippen LogP contribution in [0.15, 0.2) is 24.5 Å². The zero-order valence-corrected chi connectivity index (χ0v) is 8.67. The quantitative estimate of drug-likeness (QED) is 0.745. The van der Waals surface area contributed by atoms with Gasteiger partial charge in [0.1, 0.15) is 6.61 Å². The summed E-state index contributed by atoms with van der Waals surface area (Å²) in [5.41, 5.74) is 0.977. The molecule has 5 heteroatoms. The number of aromatic nitrogens is 1. The van der Waals surface area contributed by atoms with E-state index in [-0.39, 0.29) is 18.6 Å². The van der Waals surface area contributed by atoms with Crippen LogP contribution in [0.2, 0.25) is 0 Å². The normalized spacial score (nSPS) is 20.1. The van der Waals surface area contributed by atoms with E-state index in [1.165, 1.54) is 4.90 Å². The fourth-order valence-corrected chi connectivity index (χ4v) is 1.57. The standard InChI is InChI=1S/C11H11N3O2/c12-5-10-7-14(11(15)16-8-10)6-9-1-3-13-4-2-9/h1-4,10H,6-8H2. The van der Waals surface area contributed by atoms with Gasteiger partial charge in [0.15, 0.2) is 0 Å². The van der Waals surface area contributed by atoms with Gasteiger partial charge in [-0.2, -0.15) is 5.26 Å². The molecule has 1 aromatic rings. The Morgan fingerprint density at radius 1 is 1.56 bits per heavy atom. The summed E-state index contributed by atoms with van der Waals surface area (Å²) in [5.74, 6) is -0.237. The molecule has 0 bridgehead atoms. The maximum atomic E-state index is 11.4. The molecule has 2 rings (SSSR count). The van der Waals surface area contributed by atoms with E-state index < -0.39 is 0 Å². The monoisotopic (exact) mass is 217 g/mol. The fourth-order valence-electron chi connectivity index (χ4n) is 1.57. The van der Waals surface area contributed by atoms with Crippen LogP contribution in [0, 0.1) is 17.2 Å². The van der Waals surface area contributed by atoms with Crippen LogP contribution in [0.5, 0.6) is 0 Å². The summed E-state index contributed by atoms with van der Waals surface area (Å²) in [6, 6.07) is 5.78. The first-order valence-corrected chi connectivity index (χ1v) is 5.00. The summed E-state index contributed by atoms with van der Waals surface area (Å²) in [4.78, 5) is 16.9. The number of nitriles is 1. The number of pyridine rings is 1. The van der Waals surface area contributed by atoms with Crippen LogP contribution in [0.3, 0.4) is 0 Å². The highest BCUT2D eigenvalue weighted by Gasteiger charge is 2.26. The van der Waals surface area contributed by atoms with Crippen molar-refractivity contribution in [2.45, 2.75) is 6.54 Å². The van der Waals surface area contributed by atoms with Crippen molar-refractivity contribution in [3.05, 3.63) is 30.1 Å². The van der Waals surface area contributed by atoms with Crippen molar-refractivity contribution in [1.82, 2.24) is 9.88 Å². The molecule has 0 spiro atoms. The molecule has 1 aromatic heterocycles. The van der Waals surface area contributed by atoms with E-state index in [4.69, 9.17) is 10.00 Å². The molecule has 1 unspecified atom stereocenters. The van der Waals surface area contributed by atoms with Gasteiger partial charge in [0, 0.05) is 25.5 Å². The summed E-state index contributed by atoms with van der Waals surface area (Å²) in [6.45, 7) is 1.08. The first kappa shape index (κ1) is 10.4. The summed E-state index contributed by atoms with van der Waals surface area (Å²) in [6.07, 6.45) is 2.99. The lowest BCUT2D eigenvalue weighted by Gasteiger charge is -2.29. The van der Waals surface area contributed by atoms with E-state index in [1.54, 1.807) is 12.4 Å². The lowest BCUT2D eigenvalue weighted by Crippen LogP contribution is -2.42. The molecule has 2 heterocycles. The first-order valence-electron chi connectivity index (χ1n) is 5.00. The molecule has 0 aromatic carbocycles. The van der Waals surface area contributed by atoms with Gasteiger partial charge in [0.25, 0.3) is 0 Å². The highest BCUT2D eigenvalue weighted by molar-refractivity contribution is 5.68. The number of rotatable bonds is 2. The van der Waals surface area contributed by atoms with Crippen molar-refractivity contribution in [3.63, 3.8) is 0 Å². The number of carbonyl (C=O) groups is 1. The average molecular weight is 217 g/mol. The minimum absolute atomic E-state index is 0.197. The molecular weight excluding hydrogens is 206 g/mol. The number of amides is 1. The Hall–Kier alpha value is -2.09. The molecule has 1 atom stereocenters. The zero-order chi connectivity index (χ0) is 11.4. The maximum absolute atomic E-state index is 11.4. The van der Waals surface area contributed by atoms with E-state index in [0.29, 0.717) is 13.1 Å². The van der Waals surface area contributed by atoms with Gasteiger partial charge in [-0.3, -0.25) is 4.98 Å². The topological polar surface area (TPSA) is 66.2 Å². The summed E-state index contributed by atoms with van der Waals surface area (Å²) in [7, 11) is 0. The third-order valence-electron chi connectivity index (χ3n) is 2.41.